The lowest BCUT2D eigenvalue weighted by atomic mass is 10.2. The number of benzene rings is 1. The van der Waals surface area contributed by atoms with Gasteiger partial charge in [0.15, 0.2) is 0 Å². The Morgan fingerprint density at radius 3 is 2.88 bits per heavy atom. The molecule has 84 valence electrons. The lowest BCUT2D eigenvalue weighted by molar-refractivity contribution is 0.0497. The van der Waals surface area contributed by atoms with E-state index in [1.807, 2.05) is 19.9 Å². The number of hydrogen-bond acceptors (Lipinski definition) is 4. The van der Waals surface area contributed by atoms with E-state index >= 15 is 0 Å². The molecule has 0 saturated carbocycles. The molecule has 2 aromatic rings. The molecule has 0 radical (unpaired) electrons. The molecular formula is C11H13N3O2. The molecule has 0 spiro atoms. The monoisotopic (exact) mass is 219 g/mol. The summed E-state index contributed by atoms with van der Waals surface area (Å²) in [6.07, 6.45) is 0. The summed E-state index contributed by atoms with van der Waals surface area (Å²) < 4.78 is 0. The Balaban J connectivity index is 2.41. The average Bonchev–Trinajstić information content (AvgIpc) is 2.28. The highest BCUT2D eigenvalue weighted by atomic mass is 16.7. The molecule has 0 aliphatic carbocycles. The zero-order valence-corrected chi connectivity index (χ0v) is 9.25. The number of rotatable bonds is 3. The van der Waals surface area contributed by atoms with Crippen LogP contribution < -0.4 is 10.4 Å². The maximum absolute atomic E-state index is 11.9. The standard InChI is InChI=1S/C11H13N3O2/c1-8(2)7-16-14-11(15)9-5-3-4-6-10(9)12-13-14/h3-6,8H,7H2,1-2H3. The summed E-state index contributed by atoms with van der Waals surface area (Å²) in [5, 5.41) is 8.13. The minimum atomic E-state index is -0.272. The van der Waals surface area contributed by atoms with Gasteiger partial charge in [-0.05, 0) is 28.1 Å². The van der Waals surface area contributed by atoms with E-state index in [9.17, 15) is 4.79 Å². The first kappa shape index (κ1) is 10.6. The molecule has 0 N–H and O–H groups in total. The number of hydrogen-bond donors (Lipinski definition) is 0. The minimum absolute atomic E-state index is 0.272. The van der Waals surface area contributed by atoms with Crippen LogP contribution in [-0.4, -0.2) is 21.8 Å². The predicted octanol–water partition coefficient (Wildman–Crippen LogP) is 0.876. The highest BCUT2D eigenvalue weighted by molar-refractivity contribution is 5.76. The second-order valence-corrected chi connectivity index (χ2v) is 3.97. The van der Waals surface area contributed by atoms with E-state index in [4.69, 9.17) is 4.84 Å². The van der Waals surface area contributed by atoms with Crippen molar-refractivity contribution in [3.63, 3.8) is 0 Å². The molecule has 0 aliphatic heterocycles. The van der Waals surface area contributed by atoms with Crippen LogP contribution >= 0.6 is 0 Å². The normalized spacial score (nSPS) is 10.9. The molecule has 1 heterocycles. The summed E-state index contributed by atoms with van der Waals surface area (Å²) in [5.41, 5.74) is 0.308. The second-order valence-electron chi connectivity index (χ2n) is 3.97. The van der Waals surface area contributed by atoms with Crippen molar-refractivity contribution in [2.24, 2.45) is 5.92 Å². The van der Waals surface area contributed by atoms with Gasteiger partial charge in [-0.2, -0.15) is 0 Å². The Hall–Kier alpha value is -1.91. The van der Waals surface area contributed by atoms with E-state index in [1.165, 1.54) is 0 Å². The van der Waals surface area contributed by atoms with Crippen molar-refractivity contribution in [2.75, 3.05) is 6.61 Å². The van der Waals surface area contributed by atoms with Crippen molar-refractivity contribution in [1.29, 1.82) is 0 Å². The third-order valence-corrected chi connectivity index (χ3v) is 2.07. The van der Waals surface area contributed by atoms with Crippen molar-refractivity contribution < 1.29 is 4.84 Å². The lowest BCUT2D eigenvalue weighted by Gasteiger charge is -2.08. The van der Waals surface area contributed by atoms with Crippen molar-refractivity contribution in [1.82, 2.24) is 15.2 Å². The Morgan fingerprint density at radius 1 is 1.38 bits per heavy atom. The molecule has 2 rings (SSSR count). The molecule has 0 saturated heterocycles. The van der Waals surface area contributed by atoms with Crippen molar-refractivity contribution in [2.45, 2.75) is 13.8 Å². The van der Waals surface area contributed by atoms with Gasteiger partial charge in [0, 0.05) is 0 Å². The van der Waals surface area contributed by atoms with E-state index in [-0.39, 0.29) is 5.56 Å². The van der Waals surface area contributed by atoms with Gasteiger partial charge in [-0.25, -0.2) is 0 Å². The van der Waals surface area contributed by atoms with Crippen molar-refractivity contribution >= 4 is 10.9 Å². The van der Waals surface area contributed by atoms with E-state index in [0.29, 0.717) is 23.4 Å². The van der Waals surface area contributed by atoms with Gasteiger partial charge in [0.05, 0.1) is 5.39 Å². The van der Waals surface area contributed by atoms with Crippen LogP contribution in [0.25, 0.3) is 10.9 Å². The molecule has 0 bridgehead atoms. The second kappa shape index (κ2) is 4.30. The molecule has 5 nitrogen and oxygen atoms in total. The molecule has 1 aromatic heterocycles. The van der Waals surface area contributed by atoms with Crippen LogP contribution in [0.2, 0.25) is 0 Å². The van der Waals surface area contributed by atoms with Gasteiger partial charge in [0.2, 0.25) is 0 Å². The van der Waals surface area contributed by atoms with Crippen LogP contribution in [0.3, 0.4) is 0 Å². The van der Waals surface area contributed by atoms with Crippen LogP contribution in [0.4, 0.5) is 0 Å². The van der Waals surface area contributed by atoms with Crippen LogP contribution in [0.5, 0.6) is 0 Å². The topological polar surface area (TPSA) is 57.0 Å². The first-order valence-electron chi connectivity index (χ1n) is 5.16. The molecule has 1 aromatic carbocycles. The van der Waals surface area contributed by atoms with E-state index in [0.717, 1.165) is 4.85 Å². The van der Waals surface area contributed by atoms with Crippen molar-refractivity contribution in [3.8, 4) is 0 Å². The molecule has 0 unspecified atom stereocenters. The fraction of sp³-hybridized carbons (Fsp3) is 0.364. The van der Waals surface area contributed by atoms with Crippen molar-refractivity contribution in [3.05, 3.63) is 34.6 Å². The van der Waals surface area contributed by atoms with Gasteiger partial charge in [-0.15, -0.1) is 5.10 Å². The Bertz CT molecular complexity index is 548. The number of fused-ring (bicyclic) bond motifs is 1. The fourth-order valence-corrected chi connectivity index (χ4v) is 1.28. The van der Waals surface area contributed by atoms with Gasteiger partial charge >= 0.3 is 5.56 Å². The zero-order chi connectivity index (χ0) is 11.5. The van der Waals surface area contributed by atoms with Crippen LogP contribution in [0.1, 0.15) is 13.8 Å². The Kier molecular flexibility index (Phi) is 2.85. The fourth-order valence-electron chi connectivity index (χ4n) is 1.28. The van der Waals surface area contributed by atoms with Crippen LogP contribution in [0, 0.1) is 5.92 Å². The summed E-state index contributed by atoms with van der Waals surface area (Å²) in [6, 6.07) is 7.06. The molecular weight excluding hydrogens is 206 g/mol. The largest absolute Gasteiger partial charge is 0.392 e. The summed E-state index contributed by atoms with van der Waals surface area (Å²) in [7, 11) is 0. The maximum Gasteiger partial charge on any atom is 0.314 e. The van der Waals surface area contributed by atoms with Gasteiger partial charge in [0.25, 0.3) is 0 Å². The minimum Gasteiger partial charge on any atom is -0.392 e. The quantitative estimate of drug-likeness (QED) is 0.768. The van der Waals surface area contributed by atoms with E-state index < -0.39 is 0 Å². The first-order valence-corrected chi connectivity index (χ1v) is 5.16. The zero-order valence-electron chi connectivity index (χ0n) is 9.25. The highest BCUT2D eigenvalue weighted by Gasteiger charge is 2.05. The molecule has 0 atom stereocenters. The smallest absolute Gasteiger partial charge is 0.314 e. The van der Waals surface area contributed by atoms with Gasteiger partial charge in [-0.3, -0.25) is 4.79 Å². The lowest BCUT2D eigenvalue weighted by Crippen LogP contribution is -2.32. The number of aromatic nitrogens is 3. The molecule has 0 amide bonds. The van der Waals surface area contributed by atoms with Crippen LogP contribution in [-0.2, 0) is 0 Å². The Morgan fingerprint density at radius 2 is 2.12 bits per heavy atom. The third kappa shape index (κ3) is 2.03. The van der Waals surface area contributed by atoms with Gasteiger partial charge in [0.1, 0.15) is 12.1 Å². The SMILES string of the molecule is CC(C)COn1nnc2ccccc2c1=O. The maximum atomic E-state index is 11.9. The molecule has 0 fully saturated rings. The third-order valence-electron chi connectivity index (χ3n) is 2.07. The summed E-state index contributed by atoms with van der Waals surface area (Å²) in [5.74, 6) is 0.333. The van der Waals surface area contributed by atoms with E-state index in [1.54, 1.807) is 18.2 Å². The summed E-state index contributed by atoms with van der Waals surface area (Å²) >= 11 is 0. The molecule has 5 heteroatoms. The highest BCUT2D eigenvalue weighted by Crippen LogP contribution is 2.02. The van der Waals surface area contributed by atoms with E-state index in [2.05, 4.69) is 10.3 Å². The average molecular weight is 219 g/mol. The predicted molar refractivity (Wildman–Crippen MR) is 60.1 cm³/mol. The Labute approximate surface area is 92.6 Å². The van der Waals surface area contributed by atoms with Gasteiger partial charge in [-0.1, -0.05) is 26.0 Å². The summed E-state index contributed by atoms with van der Waals surface area (Å²) in [6.45, 7) is 4.44. The number of nitrogens with zero attached hydrogens (tertiary/aromatic N) is 3. The first-order chi connectivity index (χ1) is 7.68. The summed E-state index contributed by atoms with van der Waals surface area (Å²) in [4.78, 5) is 18.1. The van der Waals surface area contributed by atoms with Crippen LogP contribution in [0.15, 0.2) is 29.1 Å². The molecule has 16 heavy (non-hydrogen) atoms. The molecule has 0 aliphatic rings. The van der Waals surface area contributed by atoms with Gasteiger partial charge < -0.3 is 4.84 Å².